The first-order chi connectivity index (χ1) is 8.54. The molecule has 1 heterocycles. The summed E-state index contributed by atoms with van der Waals surface area (Å²) >= 11 is 23.7. The molecular formula is C12H5Cl4NO. The Kier molecular flexibility index (Phi) is 4.13. The molecule has 0 N–H and O–H groups in total. The Bertz CT molecular complexity index is 628. The first kappa shape index (κ1) is 13.6. The maximum absolute atomic E-state index is 10.8. The van der Waals surface area contributed by atoms with Crippen molar-refractivity contribution in [3.63, 3.8) is 0 Å². The SMILES string of the molecule is O=Cc1cc(-c2ccc(Cl)c(Cl)c2Cl)ncc1Cl. The highest BCUT2D eigenvalue weighted by atomic mass is 35.5. The Balaban J connectivity index is 2.62. The summed E-state index contributed by atoms with van der Waals surface area (Å²) in [5.74, 6) is 0. The predicted octanol–water partition coefficient (Wildman–Crippen LogP) is 5.17. The van der Waals surface area contributed by atoms with Gasteiger partial charge in [0.15, 0.2) is 6.29 Å². The summed E-state index contributed by atoms with van der Waals surface area (Å²) in [6, 6.07) is 4.84. The Labute approximate surface area is 123 Å². The number of hydrogen-bond donors (Lipinski definition) is 0. The third kappa shape index (κ3) is 2.47. The van der Waals surface area contributed by atoms with Crippen LogP contribution in [0.3, 0.4) is 0 Å². The monoisotopic (exact) mass is 319 g/mol. The van der Waals surface area contributed by atoms with E-state index in [0.717, 1.165) is 0 Å². The Morgan fingerprint density at radius 2 is 1.72 bits per heavy atom. The molecule has 0 saturated heterocycles. The second-order valence-corrected chi connectivity index (χ2v) is 5.00. The standard InChI is InChI=1S/C12H5Cl4NO/c13-8-2-1-7(11(15)12(8)16)10-3-6(5-18)9(14)4-17-10/h1-5H. The number of benzene rings is 1. The van der Waals surface area contributed by atoms with E-state index in [9.17, 15) is 4.79 Å². The van der Waals surface area contributed by atoms with E-state index in [4.69, 9.17) is 46.4 Å². The van der Waals surface area contributed by atoms with E-state index in [1.165, 1.54) is 6.20 Å². The second-order valence-electron chi connectivity index (χ2n) is 3.43. The van der Waals surface area contributed by atoms with Crippen LogP contribution in [0.15, 0.2) is 24.4 Å². The molecule has 0 amide bonds. The van der Waals surface area contributed by atoms with Gasteiger partial charge in [-0.3, -0.25) is 9.78 Å². The van der Waals surface area contributed by atoms with Crippen LogP contribution in [0.1, 0.15) is 10.4 Å². The van der Waals surface area contributed by atoms with Crippen LogP contribution in [0.25, 0.3) is 11.3 Å². The second kappa shape index (κ2) is 5.45. The van der Waals surface area contributed by atoms with Gasteiger partial charge in [0.1, 0.15) is 0 Å². The van der Waals surface area contributed by atoms with E-state index in [2.05, 4.69) is 4.98 Å². The van der Waals surface area contributed by atoms with Gasteiger partial charge >= 0.3 is 0 Å². The summed E-state index contributed by atoms with van der Waals surface area (Å²) < 4.78 is 0. The molecule has 2 aromatic rings. The first-order valence-corrected chi connectivity index (χ1v) is 6.30. The molecule has 0 radical (unpaired) electrons. The lowest BCUT2D eigenvalue weighted by molar-refractivity contribution is 0.112. The third-order valence-electron chi connectivity index (χ3n) is 2.32. The molecule has 0 aliphatic carbocycles. The maximum Gasteiger partial charge on any atom is 0.151 e. The summed E-state index contributed by atoms with van der Waals surface area (Å²) in [4.78, 5) is 14.9. The van der Waals surface area contributed by atoms with Crippen molar-refractivity contribution in [1.29, 1.82) is 0 Å². The lowest BCUT2D eigenvalue weighted by atomic mass is 10.1. The molecule has 6 heteroatoms. The fourth-order valence-corrected chi connectivity index (χ4v) is 2.20. The molecule has 0 bridgehead atoms. The quantitative estimate of drug-likeness (QED) is 0.564. The van der Waals surface area contributed by atoms with Crippen LogP contribution < -0.4 is 0 Å². The van der Waals surface area contributed by atoms with Gasteiger partial charge in [-0.1, -0.05) is 46.4 Å². The van der Waals surface area contributed by atoms with Gasteiger partial charge in [-0.05, 0) is 18.2 Å². The van der Waals surface area contributed by atoms with Crippen LogP contribution in [0.2, 0.25) is 20.1 Å². The summed E-state index contributed by atoms with van der Waals surface area (Å²) in [6.45, 7) is 0. The predicted molar refractivity (Wildman–Crippen MR) is 75.1 cm³/mol. The number of nitrogens with zero attached hydrogens (tertiary/aromatic N) is 1. The highest BCUT2D eigenvalue weighted by Crippen LogP contribution is 2.37. The summed E-state index contributed by atoms with van der Waals surface area (Å²) in [7, 11) is 0. The van der Waals surface area contributed by atoms with Gasteiger partial charge in [0, 0.05) is 17.3 Å². The molecule has 2 nitrogen and oxygen atoms in total. The molecule has 0 spiro atoms. The van der Waals surface area contributed by atoms with Crippen molar-refractivity contribution < 1.29 is 4.79 Å². The van der Waals surface area contributed by atoms with Gasteiger partial charge in [-0.15, -0.1) is 0 Å². The van der Waals surface area contributed by atoms with Gasteiger partial charge in [0.25, 0.3) is 0 Å². The number of aromatic nitrogens is 1. The average molecular weight is 321 g/mol. The highest BCUT2D eigenvalue weighted by molar-refractivity contribution is 6.49. The van der Waals surface area contributed by atoms with Crippen LogP contribution in [0.5, 0.6) is 0 Å². The van der Waals surface area contributed by atoms with Gasteiger partial charge in [0.05, 0.1) is 25.8 Å². The molecular weight excluding hydrogens is 316 g/mol. The number of halogens is 4. The minimum atomic E-state index is 0.250. The topological polar surface area (TPSA) is 30.0 Å². The zero-order valence-corrected chi connectivity index (χ0v) is 11.8. The molecule has 0 unspecified atom stereocenters. The van der Waals surface area contributed by atoms with Crippen molar-refractivity contribution >= 4 is 52.7 Å². The van der Waals surface area contributed by atoms with E-state index in [1.807, 2.05) is 0 Å². The largest absolute Gasteiger partial charge is 0.298 e. The Hall–Kier alpha value is -0.800. The van der Waals surface area contributed by atoms with E-state index in [1.54, 1.807) is 18.2 Å². The number of carbonyl (C=O) groups is 1. The zero-order valence-electron chi connectivity index (χ0n) is 8.75. The van der Waals surface area contributed by atoms with Gasteiger partial charge in [-0.2, -0.15) is 0 Å². The molecule has 1 aromatic carbocycles. The summed E-state index contributed by atoms with van der Waals surface area (Å²) in [5.41, 5.74) is 1.43. The van der Waals surface area contributed by atoms with Crippen molar-refractivity contribution in [2.24, 2.45) is 0 Å². The molecule has 92 valence electrons. The van der Waals surface area contributed by atoms with E-state index in [-0.39, 0.29) is 15.1 Å². The fourth-order valence-electron chi connectivity index (χ4n) is 1.42. The van der Waals surface area contributed by atoms with E-state index < -0.39 is 0 Å². The maximum atomic E-state index is 10.8. The van der Waals surface area contributed by atoms with Crippen molar-refractivity contribution in [2.45, 2.75) is 0 Å². The average Bonchev–Trinajstić information content (AvgIpc) is 2.37. The lowest BCUT2D eigenvalue weighted by Gasteiger charge is -2.07. The molecule has 1 aromatic heterocycles. The highest BCUT2D eigenvalue weighted by Gasteiger charge is 2.12. The number of rotatable bonds is 2. The van der Waals surface area contributed by atoms with Crippen LogP contribution >= 0.6 is 46.4 Å². The molecule has 2 rings (SSSR count). The normalized spacial score (nSPS) is 10.4. The van der Waals surface area contributed by atoms with Gasteiger partial charge < -0.3 is 0 Å². The minimum Gasteiger partial charge on any atom is -0.298 e. The van der Waals surface area contributed by atoms with Crippen LogP contribution in [0.4, 0.5) is 0 Å². The number of carbonyl (C=O) groups excluding carboxylic acids is 1. The number of pyridine rings is 1. The van der Waals surface area contributed by atoms with Crippen LogP contribution in [0, 0.1) is 0 Å². The summed E-state index contributed by atoms with van der Waals surface area (Å²) in [6.07, 6.45) is 2.04. The molecule has 0 atom stereocenters. The Morgan fingerprint density at radius 1 is 1.00 bits per heavy atom. The van der Waals surface area contributed by atoms with Crippen molar-refractivity contribution in [3.8, 4) is 11.3 Å². The molecule has 0 fully saturated rings. The Morgan fingerprint density at radius 3 is 2.39 bits per heavy atom. The third-order valence-corrected chi connectivity index (χ3v) is 3.93. The van der Waals surface area contributed by atoms with Crippen LogP contribution in [-0.4, -0.2) is 11.3 Å². The molecule has 18 heavy (non-hydrogen) atoms. The van der Waals surface area contributed by atoms with Crippen molar-refractivity contribution in [1.82, 2.24) is 4.98 Å². The van der Waals surface area contributed by atoms with E-state index in [0.29, 0.717) is 28.1 Å². The first-order valence-electron chi connectivity index (χ1n) is 4.79. The van der Waals surface area contributed by atoms with E-state index >= 15 is 0 Å². The van der Waals surface area contributed by atoms with Crippen LogP contribution in [-0.2, 0) is 0 Å². The number of hydrogen-bond acceptors (Lipinski definition) is 2. The summed E-state index contributed by atoms with van der Waals surface area (Å²) in [5, 5.41) is 1.18. The van der Waals surface area contributed by atoms with Crippen molar-refractivity contribution in [3.05, 3.63) is 50.0 Å². The number of aldehydes is 1. The van der Waals surface area contributed by atoms with Crippen molar-refractivity contribution in [2.75, 3.05) is 0 Å². The zero-order chi connectivity index (χ0) is 13.3. The van der Waals surface area contributed by atoms with Gasteiger partial charge in [0.2, 0.25) is 0 Å². The smallest absolute Gasteiger partial charge is 0.151 e. The fraction of sp³-hybridized carbons (Fsp3) is 0. The minimum absolute atomic E-state index is 0.250. The van der Waals surface area contributed by atoms with Gasteiger partial charge in [-0.25, -0.2) is 0 Å². The molecule has 0 saturated carbocycles. The lowest BCUT2D eigenvalue weighted by Crippen LogP contribution is -1.90. The molecule has 0 aliphatic heterocycles. The molecule has 0 aliphatic rings.